The monoisotopic (exact) mass is 384 g/mol. The van der Waals surface area contributed by atoms with E-state index in [1.807, 2.05) is 6.07 Å². The fourth-order valence-electron chi connectivity index (χ4n) is 4.95. The Morgan fingerprint density at radius 2 is 2.11 bits per heavy atom. The molecule has 148 valence electrons. The molecule has 2 aliphatic heterocycles. The van der Waals surface area contributed by atoms with Crippen molar-refractivity contribution in [3.63, 3.8) is 0 Å². The van der Waals surface area contributed by atoms with Crippen molar-refractivity contribution in [3.8, 4) is 0 Å². The molecule has 1 N–H and O–H groups in total. The number of likely N-dealkylation sites (tertiary alicyclic amines) is 1. The first-order chi connectivity index (χ1) is 13.2. The van der Waals surface area contributed by atoms with E-state index in [4.69, 9.17) is 0 Å². The molecule has 7 heteroatoms. The lowest BCUT2D eigenvalue weighted by Gasteiger charge is -2.41. The van der Waals surface area contributed by atoms with Gasteiger partial charge in [0.2, 0.25) is 0 Å². The maximum atomic E-state index is 13.8. The molecule has 0 radical (unpaired) electrons. The molecule has 2 aliphatic rings. The highest BCUT2D eigenvalue weighted by molar-refractivity contribution is 5.92. The van der Waals surface area contributed by atoms with E-state index in [1.54, 1.807) is 30.0 Å². The van der Waals surface area contributed by atoms with Crippen molar-refractivity contribution < 1.29 is 9.18 Å². The van der Waals surface area contributed by atoms with Crippen LogP contribution in [0.25, 0.3) is 0 Å². The first-order valence-corrected chi connectivity index (χ1v) is 9.67. The Bertz CT molecular complexity index is 971. The van der Waals surface area contributed by atoms with Crippen LogP contribution in [0.15, 0.2) is 35.1 Å². The Morgan fingerprint density at radius 3 is 2.82 bits per heavy atom. The van der Waals surface area contributed by atoms with E-state index in [0.29, 0.717) is 24.7 Å². The molecule has 28 heavy (non-hydrogen) atoms. The molecule has 0 bridgehead atoms. The molecule has 2 saturated heterocycles. The molecular weight excluding hydrogens is 359 g/mol. The van der Waals surface area contributed by atoms with Crippen LogP contribution in [-0.2, 0) is 0 Å². The van der Waals surface area contributed by atoms with Gasteiger partial charge in [-0.3, -0.25) is 4.79 Å². The van der Waals surface area contributed by atoms with Gasteiger partial charge in [-0.2, -0.15) is 4.98 Å². The number of anilines is 1. The minimum Gasteiger partial charge on any atom is -0.363 e. The predicted molar refractivity (Wildman–Crippen MR) is 105 cm³/mol. The number of nitrogens with zero attached hydrogens (tertiary/aromatic N) is 3. The zero-order valence-corrected chi connectivity index (χ0v) is 16.4. The number of carbonyl (C=O) groups is 1. The number of hydrogen-bond acceptors (Lipinski definition) is 4. The zero-order chi connectivity index (χ0) is 20.1. The maximum Gasteiger partial charge on any atom is 0.345 e. The maximum absolute atomic E-state index is 13.8. The number of benzene rings is 1. The summed E-state index contributed by atoms with van der Waals surface area (Å²) in [6.45, 7) is 7.29. The number of H-pyrrole nitrogens is 1. The van der Waals surface area contributed by atoms with Gasteiger partial charge in [0, 0.05) is 36.1 Å². The van der Waals surface area contributed by atoms with Gasteiger partial charge in [-0.1, -0.05) is 6.07 Å². The fourth-order valence-corrected chi connectivity index (χ4v) is 4.95. The van der Waals surface area contributed by atoms with Gasteiger partial charge in [-0.15, -0.1) is 0 Å². The fraction of sp³-hybridized carbons (Fsp3) is 0.476. The molecule has 1 aromatic carbocycles. The van der Waals surface area contributed by atoms with Crippen LogP contribution in [-0.4, -0.2) is 45.4 Å². The molecule has 0 spiro atoms. The van der Waals surface area contributed by atoms with Crippen molar-refractivity contribution in [1.82, 2.24) is 14.9 Å². The standard InChI is InChI=1S/C21H25FN4O2/c1-13-9-17(24-20(28)23-13)19(27)25-8-7-18-14(12-25)11-21(2,3)26(18)16-6-4-5-15(22)10-16/h4-6,9-10,14,18H,7-8,11-12H2,1-3H3,(H,23,24,28)/t14-,18+/m1/s1. The van der Waals surface area contributed by atoms with Crippen LogP contribution < -0.4 is 10.6 Å². The minimum absolute atomic E-state index is 0.124. The molecule has 0 unspecified atom stereocenters. The second-order valence-corrected chi connectivity index (χ2v) is 8.49. The van der Waals surface area contributed by atoms with Gasteiger partial charge < -0.3 is 14.8 Å². The molecule has 2 fully saturated rings. The number of rotatable bonds is 2. The number of carbonyl (C=O) groups excluding carboxylic acids is 1. The third kappa shape index (κ3) is 3.30. The van der Waals surface area contributed by atoms with E-state index in [9.17, 15) is 14.0 Å². The molecule has 0 aliphatic carbocycles. The Labute approximate surface area is 163 Å². The first kappa shape index (κ1) is 18.7. The SMILES string of the molecule is Cc1cc(C(=O)N2CC[C@H]3[C@@H](C2)CC(C)(C)N3c2cccc(F)c2)nc(=O)[nH]1. The quantitative estimate of drug-likeness (QED) is 0.864. The summed E-state index contributed by atoms with van der Waals surface area (Å²) in [4.78, 5) is 35.0. The first-order valence-electron chi connectivity index (χ1n) is 9.67. The highest BCUT2D eigenvalue weighted by atomic mass is 19.1. The van der Waals surface area contributed by atoms with Crippen molar-refractivity contribution in [1.29, 1.82) is 0 Å². The summed E-state index contributed by atoms with van der Waals surface area (Å²) >= 11 is 0. The van der Waals surface area contributed by atoms with Gasteiger partial charge in [0.15, 0.2) is 0 Å². The van der Waals surface area contributed by atoms with Gasteiger partial charge in [0.05, 0.1) is 0 Å². The Balaban J connectivity index is 1.57. The summed E-state index contributed by atoms with van der Waals surface area (Å²) in [7, 11) is 0. The number of halogens is 1. The summed E-state index contributed by atoms with van der Waals surface area (Å²) in [5, 5.41) is 0. The Hall–Kier alpha value is -2.70. The summed E-state index contributed by atoms with van der Waals surface area (Å²) < 4.78 is 13.8. The van der Waals surface area contributed by atoms with Crippen LogP contribution in [0.3, 0.4) is 0 Å². The largest absolute Gasteiger partial charge is 0.363 e. The number of fused-ring (bicyclic) bond motifs is 1. The predicted octanol–water partition coefficient (Wildman–Crippen LogP) is 2.74. The number of amides is 1. The summed E-state index contributed by atoms with van der Waals surface area (Å²) in [6.07, 6.45) is 1.72. The normalized spacial score (nSPS) is 23.6. The van der Waals surface area contributed by atoms with Crippen LogP contribution >= 0.6 is 0 Å². The van der Waals surface area contributed by atoms with Gasteiger partial charge in [0.25, 0.3) is 5.91 Å². The minimum atomic E-state index is -0.502. The van der Waals surface area contributed by atoms with E-state index >= 15 is 0 Å². The molecule has 0 saturated carbocycles. The summed E-state index contributed by atoms with van der Waals surface area (Å²) in [5.41, 5.74) is 1.08. The topological polar surface area (TPSA) is 69.3 Å². The van der Waals surface area contributed by atoms with Crippen LogP contribution in [0.1, 0.15) is 42.9 Å². The van der Waals surface area contributed by atoms with Crippen molar-refractivity contribution in [2.45, 2.75) is 45.2 Å². The van der Waals surface area contributed by atoms with Gasteiger partial charge >= 0.3 is 5.69 Å². The van der Waals surface area contributed by atoms with Crippen LogP contribution in [0, 0.1) is 18.7 Å². The zero-order valence-electron chi connectivity index (χ0n) is 16.4. The van der Waals surface area contributed by atoms with E-state index in [2.05, 4.69) is 28.7 Å². The number of piperidine rings is 1. The van der Waals surface area contributed by atoms with Crippen LogP contribution in [0.2, 0.25) is 0 Å². The molecule has 1 aromatic heterocycles. The lowest BCUT2D eigenvalue weighted by Crippen LogP contribution is -2.50. The molecular formula is C21H25FN4O2. The number of nitrogens with one attached hydrogen (secondary N) is 1. The number of hydrogen-bond donors (Lipinski definition) is 1. The average molecular weight is 384 g/mol. The van der Waals surface area contributed by atoms with Crippen molar-refractivity contribution >= 4 is 11.6 Å². The molecule has 1 amide bonds. The van der Waals surface area contributed by atoms with Crippen LogP contribution in [0.4, 0.5) is 10.1 Å². The molecule has 2 atom stereocenters. The van der Waals surface area contributed by atoms with Gasteiger partial charge in [-0.05, 0) is 63.8 Å². The van der Waals surface area contributed by atoms with Crippen molar-refractivity contribution in [2.75, 3.05) is 18.0 Å². The number of aromatic nitrogens is 2. The number of aryl methyl sites for hydroxylation is 1. The highest BCUT2D eigenvalue weighted by Crippen LogP contribution is 2.44. The lowest BCUT2D eigenvalue weighted by molar-refractivity contribution is 0.0661. The van der Waals surface area contributed by atoms with E-state index in [-0.39, 0.29) is 29.0 Å². The number of aromatic amines is 1. The van der Waals surface area contributed by atoms with Crippen molar-refractivity contribution in [2.24, 2.45) is 5.92 Å². The average Bonchev–Trinajstić information content (AvgIpc) is 2.89. The third-order valence-electron chi connectivity index (χ3n) is 5.91. The lowest BCUT2D eigenvalue weighted by atomic mass is 9.89. The molecule has 6 nitrogen and oxygen atoms in total. The van der Waals surface area contributed by atoms with Crippen molar-refractivity contribution in [3.05, 3.63) is 58.0 Å². The second-order valence-electron chi connectivity index (χ2n) is 8.49. The second kappa shape index (κ2) is 6.72. The Morgan fingerprint density at radius 1 is 1.32 bits per heavy atom. The molecule has 4 rings (SSSR count). The van der Waals surface area contributed by atoms with Gasteiger partial charge in [0.1, 0.15) is 11.5 Å². The summed E-state index contributed by atoms with van der Waals surface area (Å²) in [6, 6.07) is 8.62. The Kier molecular flexibility index (Phi) is 4.48. The third-order valence-corrected chi connectivity index (χ3v) is 5.91. The smallest absolute Gasteiger partial charge is 0.345 e. The molecule has 3 heterocycles. The van der Waals surface area contributed by atoms with Gasteiger partial charge in [-0.25, -0.2) is 9.18 Å². The van der Waals surface area contributed by atoms with E-state index in [0.717, 1.165) is 18.5 Å². The van der Waals surface area contributed by atoms with E-state index < -0.39 is 5.69 Å². The van der Waals surface area contributed by atoms with Crippen LogP contribution in [0.5, 0.6) is 0 Å². The summed E-state index contributed by atoms with van der Waals surface area (Å²) in [5.74, 6) is -0.145. The van der Waals surface area contributed by atoms with E-state index in [1.165, 1.54) is 6.07 Å². The highest BCUT2D eigenvalue weighted by Gasteiger charge is 2.48. The molecule has 2 aromatic rings.